The molecule has 1 heterocycles. The predicted octanol–water partition coefficient (Wildman–Crippen LogP) is 0.0531. The van der Waals surface area contributed by atoms with E-state index < -0.39 is 5.97 Å². The Hall–Kier alpha value is -0.520. The molecule has 4 nitrogen and oxygen atoms in total. The molecule has 2 N–H and O–H groups in total. The monoisotopic (exact) mass is 160 g/mol. The summed E-state index contributed by atoms with van der Waals surface area (Å²) in [4.78, 5) is 10.0. The zero-order valence-corrected chi connectivity index (χ0v) is 6.10. The Labute approximate surface area is 63.0 Å². The van der Waals surface area contributed by atoms with E-state index in [1.807, 2.05) is 11.5 Å². The summed E-state index contributed by atoms with van der Waals surface area (Å²) in [5, 5.41) is 10.2. The van der Waals surface area contributed by atoms with Gasteiger partial charge in [0, 0.05) is 6.54 Å². The van der Waals surface area contributed by atoms with E-state index in [1.54, 1.807) is 4.41 Å². The van der Waals surface area contributed by atoms with Gasteiger partial charge in [-0.2, -0.15) is 4.41 Å². The maximum absolute atomic E-state index is 10.0. The van der Waals surface area contributed by atoms with Gasteiger partial charge in [-0.15, -0.1) is 0 Å². The number of carboxylic acid groups (broad SMARTS) is 1. The van der Waals surface area contributed by atoms with Gasteiger partial charge in [0.2, 0.25) is 0 Å². The van der Waals surface area contributed by atoms with Gasteiger partial charge in [-0.25, -0.2) is 5.43 Å². The third-order valence-electron chi connectivity index (χ3n) is 0.962. The molecular weight excluding hydrogens is 152 g/mol. The molecule has 0 aromatic rings. The molecule has 0 radical (unpaired) electrons. The molecule has 0 aromatic heterocycles. The summed E-state index contributed by atoms with van der Waals surface area (Å²) in [7, 11) is 0. The van der Waals surface area contributed by atoms with E-state index in [2.05, 4.69) is 5.43 Å². The van der Waals surface area contributed by atoms with Gasteiger partial charge in [-0.1, -0.05) is 6.08 Å². The quantitative estimate of drug-likeness (QED) is 0.571. The van der Waals surface area contributed by atoms with Gasteiger partial charge >= 0.3 is 5.97 Å². The van der Waals surface area contributed by atoms with Crippen LogP contribution in [0.3, 0.4) is 0 Å². The van der Waals surface area contributed by atoms with Crippen molar-refractivity contribution in [1.29, 1.82) is 0 Å². The average Bonchev–Trinajstić information content (AvgIpc) is 2.34. The molecule has 0 atom stereocenters. The van der Waals surface area contributed by atoms with Crippen molar-refractivity contribution in [3.05, 3.63) is 11.5 Å². The van der Waals surface area contributed by atoms with Crippen LogP contribution in [0.2, 0.25) is 0 Å². The van der Waals surface area contributed by atoms with Crippen LogP contribution in [0.25, 0.3) is 0 Å². The molecule has 0 fully saturated rings. The summed E-state index contributed by atoms with van der Waals surface area (Å²) < 4.78 is 1.76. The fourth-order valence-corrected chi connectivity index (χ4v) is 1.19. The average molecular weight is 160 g/mol. The third kappa shape index (κ3) is 2.38. The van der Waals surface area contributed by atoms with Crippen LogP contribution in [0.15, 0.2) is 11.5 Å². The Morgan fingerprint density at radius 1 is 1.90 bits per heavy atom. The van der Waals surface area contributed by atoms with Gasteiger partial charge in [0.15, 0.2) is 0 Å². The van der Waals surface area contributed by atoms with E-state index in [4.69, 9.17) is 5.11 Å². The van der Waals surface area contributed by atoms with E-state index in [0.29, 0.717) is 0 Å². The van der Waals surface area contributed by atoms with Crippen LogP contribution in [0, 0.1) is 0 Å². The van der Waals surface area contributed by atoms with Crippen LogP contribution in [0.1, 0.15) is 0 Å². The minimum atomic E-state index is -0.840. The number of nitrogens with zero attached hydrogens (tertiary/aromatic N) is 1. The van der Waals surface area contributed by atoms with Gasteiger partial charge in [-0.3, -0.25) is 4.79 Å². The van der Waals surface area contributed by atoms with Gasteiger partial charge < -0.3 is 5.11 Å². The minimum absolute atomic E-state index is 0.0192. The molecule has 0 amide bonds. The number of aliphatic carboxylic acids is 1. The number of carbonyl (C=O) groups is 1. The zero-order chi connectivity index (χ0) is 7.40. The predicted molar refractivity (Wildman–Crippen MR) is 39.1 cm³/mol. The molecule has 56 valence electrons. The van der Waals surface area contributed by atoms with Crippen molar-refractivity contribution >= 4 is 17.9 Å². The second-order valence-corrected chi connectivity index (χ2v) is 2.69. The number of hydrogen-bond donors (Lipinski definition) is 2. The van der Waals surface area contributed by atoms with Crippen molar-refractivity contribution in [2.45, 2.75) is 0 Å². The van der Waals surface area contributed by atoms with Crippen molar-refractivity contribution in [1.82, 2.24) is 9.84 Å². The largest absolute Gasteiger partial charge is 0.480 e. The van der Waals surface area contributed by atoms with Crippen molar-refractivity contribution in [3.8, 4) is 0 Å². The Balaban J connectivity index is 2.09. The molecule has 1 aliphatic rings. The Kier molecular flexibility index (Phi) is 2.73. The fraction of sp³-hybridized carbons (Fsp3) is 0.400. The first kappa shape index (κ1) is 7.59. The molecular formula is C5H8N2O2S. The summed E-state index contributed by atoms with van der Waals surface area (Å²) >= 11 is 1.46. The molecule has 0 aromatic carbocycles. The second kappa shape index (κ2) is 3.60. The van der Waals surface area contributed by atoms with Crippen LogP contribution in [0.5, 0.6) is 0 Å². The lowest BCUT2D eigenvalue weighted by Crippen LogP contribution is -2.34. The van der Waals surface area contributed by atoms with E-state index in [1.165, 1.54) is 11.9 Å². The number of hydrogen-bond acceptors (Lipinski definition) is 4. The molecule has 5 heteroatoms. The Bertz CT molecular complexity index is 152. The Morgan fingerprint density at radius 2 is 2.70 bits per heavy atom. The summed E-state index contributed by atoms with van der Waals surface area (Å²) in [5.74, 6) is -0.840. The fourth-order valence-electron chi connectivity index (χ4n) is 0.556. The number of hydrazine groups is 1. The third-order valence-corrected chi connectivity index (χ3v) is 1.81. The SMILES string of the molecule is O=C(O)CNN1CC=CS1. The zero-order valence-electron chi connectivity index (χ0n) is 5.28. The summed E-state index contributed by atoms with van der Waals surface area (Å²) in [6.07, 6.45) is 1.96. The lowest BCUT2D eigenvalue weighted by atomic mass is 10.6. The highest BCUT2D eigenvalue weighted by Crippen LogP contribution is 2.13. The van der Waals surface area contributed by atoms with Crippen molar-refractivity contribution in [3.63, 3.8) is 0 Å². The first-order chi connectivity index (χ1) is 4.79. The lowest BCUT2D eigenvalue weighted by molar-refractivity contribution is -0.136. The second-order valence-electron chi connectivity index (χ2n) is 1.77. The minimum Gasteiger partial charge on any atom is -0.480 e. The van der Waals surface area contributed by atoms with Crippen LogP contribution >= 0.6 is 11.9 Å². The van der Waals surface area contributed by atoms with E-state index in [9.17, 15) is 4.79 Å². The molecule has 0 saturated heterocycles. The first-order valence-corrected chi connectivity index (χ1v) is 3.67. The molecule has 0 unspecified atom stereocenters. The smallest absolute Gasteiger partial charge is 0.318 e. The highest BCUT2D eigenvalue weighted by molar-refractivity contribution is 8.00. The maximum Gasteiger partial charge on any atom is 0.318 e. The summed E-state index contributed by atoms with van der Waals surface area (Å²) in [6, 6.07) is 0. The lowest BCUT2D eigenvalue weighted by Gasteiger charge is -2.11. The normalized spacial score (nSPS) is 18.0. The van der Waals surface area contributed by atoms with Crippen molar-refractivity contribution in [2.24, 2.45) is 0 Å². The van der Waals surface area contributed by atoms with Gasteiger partial charge in [0.05, 0.1) is 0 Å². The number of rotatable bonds is 3. The van der Waals surface area contributed by atoms with Gasteiger partial charge in [-0.05, 0) is 17.4 Å². The first-order valence-electron chi connectivity index (χ1n) is 2.83. The van der Waals surface area contributed by atoms with Crippen molar-refractivity contribution < 1.29 is 9.90 Å². The Morgan fingerprint density at radius 3 is 3.20 bits per heavy atom. The van der Waals surface area contributed by atoms with E-state index in [0.717, 1.165) is 6.54 Å². The van der Waals surface area contributed by atoms with Gasteiger partial charge in [0.1, 0.15) is 6.54 Å². The highest BCUT2D eigenvalue weighted by Gasteiger charge is 2.06. The molecule has 1 aliphatic heterocycles. The molecule has 10 heavy (non-hydrogen) atoms. The topological polar surface area (TPSA) is 52.6 Å². The van der Waals surface area contributed by atoms with Crippen molar-refractivity contribution in [2.75, 3.05) is 13.1 Å². The highest BCUT2D eigenvalue weighted by atomic mass is 32.2. The number of carboxylic acids is 1. The standard InChI is InChI=1S/C5H8N2O2S/c8-5(9)4-6-7-2-1-3-10-7/h1,3,6H,2,4H2,(H,8,9). The van der Waals surface area contributed by atoms with Crippen LogP contribution in [0.4, 0.5) is 0 Å². The molecule has 0 spiro atoms. The van der Waals surface area contributed by atoms with Crippen LogP contribution in [-0.4, -0.2) is 28.6 Å². The summed E-state index contributed by atoms with van der Waals surface area (Å²) in [5.41, 5.74) is 2.72. The maximum atomic E-state index is 10.0. The molecule has 0 aliphatic carbocycles. The molecule has 1 rings (SSSR count). The van der Waals surface area contributed by atoms with E-state index in [-0.39, 0.29) is 6.54 Å². The van der Waals surface area contributed by atoms with E-state index >= 15 is 0 Å². The molecule has 0 bridgehead atoms. The van der Waals surface area contributed by atoms with Crippen LogP contribution in [-0.2, 0) is 4.79 Å². The van der Waals surface area contributed by atoms with Crippen LogP contribution < -0.4 is 5.43 Å². The summed E-state index contributed by atoms with van der Waals surface area (Å²) in [6.45, 7) is 0.743. The molecule has 0 saturated carbocycles. The van der Waals surface area contributed by atoms with Gasteiger partial charge in [0.25, 0.3) is 0 Å². The number of nitrogens with one attached hydrogen (secondary N) is 1.